The quantitative estimate of drug-likeness (QED) is 0.518. The van der Waals surface area contributed by atoms with Crippen molar-refractivity contribution < 1.29 is 24.1 Å². The first-order valence-electron chi connectivity index (χ1n) is 13.7. The van der Waals surface area contributed by atoms with Gasteiger partial charge in [-0.1, -0.05) is 24.3 Å². The van der Waals surface area contributed by atoms with E-state index in [9.17, 15) is 9.90 Å². The zero-order valence-electron chi connectivity index (χ0n) is 22.2. The van der Waals surface area contributed by atoms with Gasteiger partial charge in [-0.3, -0.25) is 14.6 Å². The summed E-state index contributed by atoms with van der Waals surface area (Å²) < 4.78 is 16.8. The van der Waals surface area contributed by atoms with Crippen molar-refractivity contribution in [1.82, 2.24) is 9.80 Å². The Morgan fingerprint density at radius 3 is 2.42 bits per heavy atom. The summed E-state index contributed by atoms with van der Waals surface area (Å²) in [5.41, 5.74) is 1.78. The number of nitrogens with zero attached hydrogens (tertiary/aromatic N) is 3. The Morgan fingerprint density at radius 2 is 1.71 bits per heavy atom. The zero-order chi connectivity index (χ0) is 26.3. The second kappa shape index (κ2) is 13.3. The van der Waals surface area contributed by atoms with Crippen LogP contribution in [0.4, 0.5) is 5.69 Å². The number of methoxy groups -OCH3 is 1. The first-order valence-corrected chi connectivity index (χ1v) is 14.6. The van der Waals surface area contributed by atoms with E-state index in [4.69, 9.17) is 14.2 Å². The molecule has 2 aromatic carbocycles. The van der Waals surface area contributed by atoms with E-state index in [-0.39, 0.29) is 17.4 Å². The first-order chi connectivity index (χ1) is 18.6. The summed E-state index contributed by atoms with van der Waals surface area (Å²) in [6, 6.07) is 15.6. The molecular weight excluding hydrogens is 502 g/mol. The van der Waals surface area contributed by atoms with Crippen LogP contribution in [0.5, 0.6) is 5.75 Å². The Balaban J connectivity index is 1.16. The lowest BCUT2D eigenvalue weighted by atomic mass is 10.1. The molecule has 5 rings (SSSR count). The average Bonchev–Trinajstić information content (AvgIpc) is 3.07. The van der Waals surface area contributed by atoms with Gasteiger partial charge in [0.1, 0.15) is 11.9 Å². The van der Waals surface area contributed by atoms with Gasteiger partial charge in [0.05, 0.1) is 24.7 Å². The van der Waals surface area contributed by atoms with Crippen LogP contribution in [0.3, 0.4) is 0 Å². The van der Waals surface area contributed by atoms with E-state index < -0.39 is 6.10 Å². The van der Waals surface area contributed by atoms with E-state index in [0.717, 1.165) is 80.6 Å². The fraction of sp³-hybridized carbons (Fsp3) is 0.552. The van der Waals surface area contributed by atoms with Gasteiger partial charge in [0.2, 0.25) is 0 Å². The predicted octanol–water partition coefficient (Wildman–Crippen LogP) is 3.40. The molecule has 0 saturated carbocycles. The van der Waals surface area contributed by atoms with E-state index >= 15 is 0 Å². The standard InChI is InChI=1S/C29H39N3O5S/c1-35-23-11-9-22(10-12-23)28-27(33)29(34)32(24-6-2-3-7-25(24)38-28)18-17-30-13-15-31(16-14-30)19-21-37-26-8-4-5-20-36-26/h2-3,6-7,9-12,26-28,33H,4-5,8,13-21H2,1H3/t26?,27-,28+/m1/s1. The Labute approximate surface area is 229 Å². The molecule has 0 radical (unpaired) electrons. The molecule has 3 aliphatic rings. The van der Waals surface area contributed by atoms with Crippen molar-refractivity contribution in [3.8, 4) is 5.75 Å². The second-order valence-corrected chi connectivity index (χ2v) is 11.2. The van der Waals surface area contributed by atoms with Crippen LogP contribution in [0.2, 0.25) is 0 Å². The molecule has 206 valence electrons. The van der Waals surface area contributed by atoms with Crippen LogP contribution in [-0.2, 0) is 14.3 Å². The largest absolute Gasteiger partial charge is 0.497 e. The molecule has 1 unspecified atom stereocenters. The number of thioether (sulfide) groups is 1. The minimum atomic E-state index is -1.13. The van der Waals surface area contributed by atoms with Crippen molar-refractivity contribution >= 4 is 23.4 Å². The number of amides is 1. The van der Waals surface area contributed by atoms with Crippen molar-refractivity contribution in [2.75, 3.05) is 71.0 Å². The van der Waals surface area contributed by atoms with Gasteiger partial charge >= 0.3 is 0 Å². The number of fused-ring (bicyclic) bond motifs is 1. The molecule has 0 spiro atoms. The van der Waals surface area contributed by atoms with E-state index in [1.54, 1.807) is 23.8 Å². The van der Waals surface area contributed by atoms with Crippen LogP contribution in [0.25, 0.3) is 0 Å². The number of aliphatic hydroxyl groups excluding tert-OH is 1. The molecule has 2 aromatic rings. The van der Waals surface area contributed by atoms with Gasteiger partial charge in [0.25, 0.3) is 5.91 Å². The highest BCUT2D eigenvalue weighted by Crippen LogP contribution is 2.45. The Morgan fingerprint density at radius 1 is 0.974 bits per heavy atom. The Kier molecular flexibility index (Phi) is 9.59. The summed E-state index contributed by atoms with van der Waals surface area (Å²) in [5.74, 6) is 0.505. The van der Waals surface area contributed by atoms with E-state index in [2.05, 4.69) is 9.80 Å². The summed E-state index contributed by atoms with van der Waals surface area (Å²) in [5, 5.41) is 10.8. The summed E-state index contributed by atoms with van der Waals surface area (Å²) in [6.45, 7) is 7.62. The van der Waals surface area contributed by atoms with E-state index in [1.165, 1.54) is 6.42 Å². The summed E-state index contributed by atoms with van der Waals surface area (Å²) in [6.07, 6.45) is 2.16. The number of carbonyl (C=O) groups is 1. The number of piperazine rings is 1. The molecule has 3 aliphatic heterocycles. The van der Waals surface area contributed by atoms with Crippen molar-refractivity contribution in [3.05, 3.63) is 54.1 Å². The van der Waals surface area contributed by atoms with Crippen LogP contribution in [0.1, 0.15) is 30.1 Å². The summed E-state index contributed by atoms with van der Waals surface area (Å²) in [7, 11) is 1.63. The lowest BCUT2D eigenvalue weighted by molar-refractivity contribution is -0.164. The molecule has 2 saturated heterocycles. The lowest BCUT2D eigenvalue weighted by Crippen LogP contribution is -2.50. The molecule has 9 heteroatoms. The number of anilines is 1. The average molecular weight is 542 g/mol. The Hall–Kier alpha value is -2.14. The molecular formula is C29H39N3O5S. The highest BCUT2D eigenvalue weighted by atomic mass is 32.2. The number of para-hydroxylation sites is 1. The Bertz CT molecular complexity index is 1040. The van der Waals surface area contributed by atoms with Crippen LogP contribution >= 0.6 is 11.8 Å². The number of aliphatic hydroxyl groups is 1. The van der Waals surface area contributed by atoms with Crippen molar-refractivity contribution in [3.63, 3.8) is 0 Å². The van der Waals surface area contributed by atoms with Gasteiger partial charge < -0.3 is 24.2 Å². The van der Waals surface area contributed by atoms with Crippen molar-refractivity contribution in [2.24, 2.45) is 0 Å². The number of rotatable bonds is 9. The van der Waals surface area contributed by atoms with Gasteiger partial charge in [-0.15, -0.1) is 11.8 Å². The SMILES string of the molecule is COc1ccc([C@@H]2Sc3ccccc3N(CCN3CCN(CCOC4CCCCO4)CC3)C(=O)[C@@H]2O)cc1. The maximum atomic E-state index is 13.6. The number of carbonyl (C=O) groups excluding carboxylic acids is 1. The number of ether oxygens (including phenoxy) is 3. The third-order valence-corrected chi connectivity index (χ3v) is 9.00. The molecule has 1 N–H and O–H groups in total. The minimum Gasteiger partial charge on any atom is -0.497 e. The fourth-order valence-electron chi connectivity index (χ4n) is 5.30. The zero-order valence-corrected chi connectivity index (χ0v) is 23.0. The summed E-state index contributed by atoms with van der Waals surface area (Å²) >= 11 is 1.55. The normalized spacial score (nSPS) is 25.2. The maximum absolute atomic E-state index is 13.6. The molecule has 3 atom stereocenters. The molecule has 0 aliphatic carbocycles. The van der Waals surface area contributed by atoms with Gasteiger partial charge in [-0.25, -0.2) is 0 Å². The molecule has 3 heterocycles. The van der Waals surface area contributed by atoms with Gasteiger partial charge in [0.15, 0.2) is 6.29 Å². The topological polar surface area (TPSA) is 74.7 Å². The fourth-order valence-corrected chi connectivity index (χ4v) is 6.57. The molecule has 0 bridgehead atoms. The van der Waals surface area contributed by atoms with Gasteiger partial charge in [-0.2, -0.15) is 0 Å². The smallest absolute Gasteiger partial charge is 0.257 e. The van der Waals surface area contributed by atoms with E-state index in [1.807, 2.05) is 48.5 Å². The van der Waals surface area contributed by atoms with E-state index in [0.29, 0.717) is 13.2 Å². The molecule has 0 aromatic heterocycles. The number of benzene rings is 2. The van der Waals surface area contributed by atoms with Gasteiger partial charge in [0, 0.05) is 57.3 Å². The first kappa shape index (κ1) is 27.4. The predicted molar refractivity (Wildman–Crippen MR) is 149 cm³/mol. The molecule has 1 amide bonds. The monoisotopic (exact) mass is 541 g/mol. The van der Waals surface area contributed by atoms with Crippen LogP contribution in [-0.4, -0.2) is 99.3 Å². The van der Waals surface area contributed by atoms with Gasteiger partial charge in [-0.05, 0) is 49.1 Å². The van der Waals surface area contributed by atoms with Crippen molar-refractivity contribution in [1.29, 1.82) is 0 Å². The number of hydrogen-bond acceptors (Lipinski definition) is 8. The van der Waals surface area contributed by atoms with Crippen LogP contribution < -0.4 is 9.64 Å². The molecule has 38 heavy (non-hydrogen) atoms. The minimum absolute atomic E-state index is 0.0306. The van der Waals surface area contributed by atoms with Crippen LogP contribution in [0.15, 0.2) is 53.4 Å². The maximum Gasteiger partial charge on any atom is 0.257 e. The molecule has 8 nitrogen and oxygen atoms in total. The number of hydrogen-bond donors (Lipinski definition) is 1. The highest BCUT2D eigenvalue weighted by Gasteiger charge is 2.37. The second-order valence-electron chi connectivity index (χ2n) is 10.1. The third kappa shape index (κ3) is 6.70. The lowest BCUT2D eigenvalue weighted by Gasteiger charge is -2.36. The van der Waals surface area contributed by atoms with Crippen LogP contribution in [0, 0.1) is 0 Å². The summed E-state index contributed by atoms with van der Waals surface area (Å²) in [4.78, 5) is 21.2. The van der Waals surface area contributed by atoms with Crippen molar-refractivity contribution in [2.45, 2.75) is 41.8 Å². The molecule has 2 fully saturated rings. The third-order valence-electron chi connectivity index (χ3n) is 7.61. The highest BCUT2D eigenvalue weighted by molar-refractivity contribution is 7.99.